The highest BCUT2D eigenvalue weighted by Gasteiger charge is 2.49. The maximum absolute atomic E-state index is 14.6. The van der Waals surface area contributed by atoms with E-state index in [1.54, 1.807) is 4.90 Å². The van der Waals surface area contributed by atoms with Gasteiger partial charge in [-0.05, 0) is 18.9 Å². The van der Waals surface area contributed by atoms with Gasteiger partial charge in [-0.2, -0.15) is 4.98 Å². The fourth-order valence-corrected chi connectivity index (χ4v) is 3.93. The summed E-state index contributed by atoms with van der Waals surface area (Å²) in [6.45, 7) is 3.88. The molecule has 1 aromatic carbocycles. The number of H-pyrrole nitrogens is 1. The van der Waals surface area contributed by atoms with Crippen LogP contribution in [-0.4, -0.2) is 54.3 Å². The molecule has 2 saturated heterocycles. The van der Waals surface area contributed by atoms with Crippen LogP contribution in [0.1, 0.15) is 18.9 Å². The number of morpholine rings is 1. The molecule has 2 aliphatic rings. The minimum absolute atomic E-state index is 0.0280. The second-order valence-electron chi connectivity index (χ2n) is 7.46. The highest BCUT2D eigenvalue weighted by molar-refractivity contribution is 5.46. The van der Waals surface area contributed by atoms with Gasteiger partial charge in [-0.15, -0.1) is 0 Å². The normalized spacial score (nSPS) is 24.5. The lowest BCUT2D eigenvalue weighted by Crippen LogP contribution is -2.44. The van der Waals surface area contributed by atoms with Crippen LogP contribution in [0.5, 0.6) is 0 Å². The zero-order valence-corrected chi connectivity index (χ0v) is 15.8. The number of benzene rings is 1. The molecule has 0 bridgehead atoms. The molecule has 4 rings (SSSR count). The Hall–Kier alpha value is -2.48. The molecule has 0 aliphatic carbocycles. The lowest BCUT2D eigenvalue weighted by Gasteiger charge is -2.33. The van der Waals surface area contributed by atoms with Crippen molar-refractivity contribution < 1.29 is 13.5 Å². The Labute approximate surface area is 162 Å². The van der Waals surface area contributed by atoms with Gasteiger partial charge in [0.25, 0.3) is 11.5 Å². The van der Waals surface area contributed by atoms with Gasteiger partial charge in [0.1, 0.15) is 5.82 Å². The first kappa shape index (κ1) is 18.9. The molecular formula is C20H24F2N4O2. The van der Waals surface area contributed by atoms with Crippen molar-refractivity contribution in [1.29, 1.82) is 0 Å². The number of nitrogens with one attached hydrogen (secondary N) is 1. The smallest absolute Gasteiger partial charge is 0.270 e. The molecule has 2 atom stereocenters. The van der Waals surface area contributed by atoms with E-state index in [0.29, 0.717) is 25.5 Å². The number of alkyl halides is 2. The van der Waals surface area contributed by atoms with Crippen LogP contribution in [0.25, 0.3) is 0 Å². The molecule has 0 radical (unpaired) electrons. The number of aromatic nitrogens is 2. The third-order valence-electron chi connectivity index (χ3n) is 5.37. The van der Waals surface area contributed by atoms with E-state index < -0.39 is 12.0 Å². The fraction of sp³-hybridized carbons (Fsp3) is 0.500. The van der Waals surface area contributed by atoms with Crippen molar-refractivity contribution in [1.82, 2.24) is 9.97 Å². The number of anilines is 2. The van der Waals surface area contributed by atoms with Crippen LogP contribution in [0.15, 0.2) is 41.2 Å². The monoisotopic (exact) mass is 390 g/mol. The summed E-state index contributed by atoms with van der Waals surface area (Å²) >= 11 is 0. The molecular weight excluding hydrogens is 366 g/mol. The molecule has 2 aliphatic heterocycles. The summed E-state index contributed by atoms with van der Waals surface area (Å²) in [7, 11) is 0. The van der Waals surface area contributed by atoms with Gasteiger partial charge in [-0.25, -0.2) is 8.78 Å². The number of aromatic amines is 1. The minimum Gasteiger partial charge on any atom is -0.375 e. The molecule has 8 heteroatoms. The lowest BCUT2D eigenvalue weighted by atomic mass is 10.0. The van der Waals surface area contributed by atoms with E-state index in [4.69, 9.17) is 4.74 Å². The first-order valence-corrected chi connectivity index (χ1v) is 9.59. The van der Waals surface area contributed by atoms with E-state index in [2.05, 4.69) is 9.97 Å². The summed E-state index contributed by atoms with van der Waals surface area (Å²) in [5.74, 6) is -2.14. The van der Waals surface area contributed by atoms with Gasteiger partial charge in [-0.3, -0.25) is 9.78 Å². The number of hydrogen-bond donors (Lipinski definition) is 1. The average Bonchev–Trinajstić information content (AvgIpc) is 2.97. The van der Waals surface area contributed by atoms with Crippen LogP contribution < -0.4 is 15.4 Å². The van der Waals surface area contributed by atoms with E-state index in [1.165, 1.54) is 6.07 Å². The van der Waals surface area contributed by atoms with Crippen LogP contribution in [0, 0.1) is 0 Å². The summed E-state index contributed by atoms with van der Waals surface area (Å²) in [6.07, 6.45) is -0.0381. The largest absolute Gasteiger partial charge is 0.375 e. The van der Waals surface area contributed by atoms with Crippen molar-refractivity contribution in [2.75, 3.05) is 36.0 Å². The highest BCUT2D eigenvalue weighted by Crippen LogP contribution is 2.37. The summed E-state index contributed by atoms with van der Waals surface area (Å²) in [4.78, 5) is 23.0. The van der Waals surface area contributed by atoms with Crippen molar-refractivity contribution in [2.24, 2.45) is 0 Å². The Morgan fingerprint density at radius 1 is 1.29 bits per heavy atom. The summed E-state index contributed by atoms with van der Waals surface area (Å²) in [5.41, 5.74) is 0.493. The van der Waals surface area contributed by atoms with Crippen LogP contribution in [0.3, 0.4) is 0 Å². The maximum Gasteiger partial charge on any atom is 0.270 e. The third-order valence-corrected chi connectivity index (χ3v) is 5.37. The minimum atomic E-state index is -2.85. The molecule has 2 unspecified atom stereocenters. The Kier molecular flexibility index (Phi) is 5.05. The van der Waals surface area contributed by atoms with Crippen LogP contribution in [0.2, 0.25) is 0 Å². The van der Waals surface area contributed by atoms with Crippen LogP contribution in [-0.2, 0) is 11.2 Å². The Bertz CT molecular complexity index is 874. The van der Waals surface area contributed by atoms with Crippen LogP contribution in [0.4, 0.5) is 20.5 Å². The first-order valence-electron chi connectivity index (χ1n) is 9.59. The van der Waals surface area contributed by atoms with E-state index in [1.807, 2.05) is 42.2 Å². The number of rotatable bonds is 4. The van der Waals surface area contributed by atoms with E-state index in [9.17, 15) is 13.6 Å². The maximum atomic E-state index is 14.6. The van der Waals surface area contributed by atoms with Gasteiger partial charge < -0.3 is 14.5 Å². The zero-order chi connectivity index (χ0) is 19.7. The molecule has 150 valence electrons. The quantitative estimate of drug-likeness (QED) is 0.869. The van der Waals surface area contributed by atoms with Gasteiger partial charge in [-0.1, -0.05) is 30.3 Å². The van der Waals surface area contributed by atoms with E-state index in [0.717, 1.165) is 5.56 Å². The number of nitrogens with zero attached hydrogens (tertiary/aromatic N) is 3. The molecule has 2 aromatic rings. The molecule has 6 nitrogen and oxygen atoms in total. The topological polar surface area (TPSA) is 61.5 Å². The zero-order valence-electron chi connectivity index (χ0n) is 15.8. The van der Waals surface area contributed by atoms with E-state index in [-0.39, 0.29) is 37.0 Å². The molecule has 0 amide bonds. The first-order chi connectivity index (χ1) is 13.4. The second-order valence-corrected chi connectivity index (χ2v) is 7.46. The molecule has 28 heavy (non-hydrogen) atoms. The van der Waals surface area contributed by atoms with Gasteiger partial charge in [0.15, 0.2) is 0 Å². The van der Waals surface area contributed by atoms with Crippen LogP contribution >= 0.6 is 0 Å². The second kappa shape index (κ2) is 7.50. The van der Waals surface area contributed by atoms with Gasteiger partial charge in [0, 0.05) is 32.1 Å². The molecule has 1 N–H and O–H groups in total. The Morgan fingerprint density at radius 2 is 2.07 bits per heavy atom. The molecule has 0 spiro atoms. The average molecular weight is 390 g/mol. The SMILES string of the molecule is CC1CN(c2cc(=O)[nH]c(N3CCC(F)(F)C3Cc3ccccc3)n2)CCO1. The van der Waals surface area contributed by atoms with Crippen molar-refractivity contribution in [2.45, 2.75) is 37.8 Å². The Morgan fingerprint density at radius 3 is 2.82 bits per heavy atom. The van der Waals surface area contributed by atoms with Crippen molar-refractivity contribution in [3.05, 3.63) is 52.3 Å². The van der Waals surface area contributed by atoms with Crippen molar-refractivity contribution >= 4 is 11.8 Å². The summed E-state index contributed by atoms with van der Waals surface area (Å²) in [5, 5.41) is 0. The molecule has 2 fully saturated rings. The number of halogens is 2. The third kappa shape index (κ3) is 3.87. The molecule has 1 aromatic heterocycles. The summed E-state index contributed by atoms with van der Waals surface area (Å²) in [6, 6.07) is 9.60. The number of hydrogen-bond acceptors (Lipinski definition) is 5. The standard InChI is InChI=1S/C20H24F2N4O2/c1-14-13-25(9-10-28-14)17-12-18(27)24-19(23-17)26-8-7-20(21,22)16(26)11-15-5-3-2-4-6-15/h2-6,12,14,16H,7-11,13H2,1H3,(H,23,24,27). The number of ether oxygens (including phenoxy) is 1. The van der Waals surface area contributed by atoms with Gasteiger partial charge in [0.2, 0.25) is 5.95 Å². The predicted octanol–water partition coefficient (Wildman–Crippen LogP) is 2.45. The lowest BCUT2D eigenvalue weighted by molar-refractivity contribution is -0.00690. The fourth-order valence-electron chi connectivity index (χ4n) is 3.93. The molecule has 3 heterocycles. The highest BCUT2D eigenvalue weighted by atomic mass is 19.3. The Balaban J connectivity index is 1.64. The molecule has 0 saturated carbocycles. The predicted molar refractivity (Wildman–Crippen MR) is 103 cm³/mol. The van der Waals surface area contributed by atoms with E-state index >= 15 is 0 Å². The van der Waals surface area contributed by atoms with Gasteiger partial charge in [0.05, 0.1) is 18.8 Å². The van der Waals surface area contributed by atoms with Gasteiger partial charge >= 0.3 is 0 Å². The van der Waals surface area contributed by atoms with Crippen molar-refractivity contribution in [3.63, 3.8) is 0 Å². The van der Waals surface area contributed by atoms with Crippen molar-refractivity contribution in [3.8, 4) is 0 Å². The summed E-state index contributed by atoms with van der Waals surface area (Å²) < 4.78 is 34.8.